The maximum absolute atomic E-state index is 0. The van der Waals surface area contributed by atoms with E-state index in [1.165, 1.54) is 0 Å². The molecule has 0 fully saturated rings. The Hall–Kier alpha value is 4.51. The fraction of sp³-hybridized carbons (Fsp3) is 0. The van der Waals surface area contributed by atoms with E-state index in [2.05, 4.69) is 0 Å². The molecule has 4 heavy (non-hydrogen) atoms. The first-order valence-electron chi connectivity index (χ1n) is 0. The van der Waals surface area contributed by atoms with Crippen LogP contribution in [0.2, 0.25) is 0 Å². The summed E-state index contributed by atoms with van der Waals surface area (Å²) in [5, 5.41) is 0. The molecular weight excluding hydrogens is 257 g/mol. The van der Waals surface area contributed by atoms with Crippen LogP contribution in [-0.2, 0) is 0 Å². The molecule has 0 aromatic heterocycles. The Kier molecular flexibility index (Phi) is 92.3. The van der Waals surface area contributed by atoms with E-state index in [4.69, 9.17) is 0 Å². The van der Waals surface area contributed by atoms with Crippen molar-refractivity contribution < 1.29 is 0 Å². The van der Waals surface area contributed by atoms with Crippen molar-refractivity contribution in [1.29, 1.82) is 0 Å². The van der Waals surface area contributed by atoms with Gasteiger partial charge in [0.05, 0.1) is 0 Å². The van der Waals surface area contributed by atoms with E-state index < -0.39 is 0 Å². The van der Waals surface area contributed by atoms with Crippen molar-refractivity contribution in [3.8, 4) is 0 Å². The first kappa shape index (κ1) is 23.6. The second-order valence-corrected chi connectivity index (χ2v) is 0. The van der Waals surface area contributed by atoms with Gasteiger partial charge >= 0.3 is 126 Å². The van der Waals surface area contributed by atoms with Gasteiger partial charge in [-0.3, -0.25) is 0 Å². The molecule has 0 aromatic carbocycles. The summed E-state index contributed by atoms with van der Waals surface area (Å²) in [7, 11) is 0. The van der Waals surface area contributed by atoms with Gasteiger partial charge in [0.1, 0.15) is 0 Å². The third kappa shape index (κ3) is 9.71. The fourth-order valence-corrected chi connectivity index (χ4v) is 0. The minimum absolute atomic E-state index is 0. The summed E-state index contributed by atoms with van der Waals surface area (Å²) in [5.41, 5.74) is 0. The Labute approximate surface area is 138 Å². The van der Waals surface area contributed by atoms with Crippen molar-refractivity contribution >= 4 is 143 Å². The molecule has 0 rings (SSSR count). The van der Waals surface area contributed by atoms with Gasteiger partial charge in [0.25, 0.3) is 0 Å². The number of hydrogen-bond acceptors (Lipinski definition) is 0. The topological polar surface area (TPSA) is 0 Å². The predicted molar refractivity (Wildman–Crippen MR) is 32.8 cm³/mol. The quantitative estimate of drug-likeness (QED) is 0.400. The van der Waals surface area contributed by atoms with Crippen LogP contribution in [0.15, 0.2) is 0 Å². The summed E-state index contributed by atoms with van der Waals surface area (Å²) in [4.78, 5) is 0. The Morgan fingerprint density at radius 2 is 1.00 bits per heavy atom. The van der Waals surface area contributed by atoms with E-state index in [1.807, 2.05) is 0 Å². The monoisotopic (exact) mass is 264 g/mol. The third-order valence-electron chi connectivity index (χ3n) is 0. The van der Waals surface area contributed by atoms with Crippen molar-refractivity contribution in [1.82, 2.24) is 0 Å². The molecule has 14 valence electrons. The predicted octanol–water partition coefficient (Wildman–Crippen LogP) is -3.40. The molecule has 0 N–H and O–H groups in total. The Balaban J connectivity index is 0. The fourth-order valence-electron chi connectivity index (χ4n) is 0. The zero-order valence-corrected chi connectivity index (χ0v) is 0. The average Bonchev–Trinajstić information content (AvgIpc) is 0. The van der Waals surface area contributed by atoms with Gasteiger partial charge in [-0.25, -0.2) is 0 Å². The Bertz CT molecular complexity index is 8.00. The van der Waals surface area contributed by atoms with Crippen molar-refractivity contribution in [2.45, 2.75) is 0 Å². The van der Waals surface area contributed by atoms with Crippen LogP contribution < -0.4 is 0 Å². The van der Waals surface area contributed by atoms with E-state index in [0.29, 0.717) is 0 Å². The maximum atomic E-state index is 0. The van der Waals surface area contributed by atoms with Crippen LogP contribution in [-0.4, -0.2) is 143 Å². The van der Waals surface area contributed by atoms with Crippen LogP contribution in [0.4, 0.5) is 0 Å². The normalized spacial score (nSPS) is 0. The summed E-state index contributed by atoms with van der Waals surface area (Å²) in [6.07, 6.45) is 0. The van der Waals surface area contributed by atoms with Gasteiger partial charge in [0.2, 0.25) is 0 Å². The molecule has 0 unspecified atom stereocenters. The second-order valence-electron chi connectivity index (χ2n) is 0. The van der Waals surface area contributed by atoms with Crippen LogP contribution >= 0.6 is 0 Å². The molecule has 4 heteroatoms. The molecule has 0 aliphatic carbocycles. The van der Waals surface area contributed by atoms with E-state index >= 15 is 0 Å². The van der Waals surface area contributed by atoms with Crippen molar-refractivity contribution in [3.63, 3.8) is 0 Å². The van der Waals surface area contributed by atoms with Gasteiger partial charge in [0.15, 0.2) is 17.4 Å². The first-order chi connectivity index (χ1) is 0. The zero-order valence-electron chi connectivity index (χ0n) is 0. The summed E-state index contributed by atoms with van der Waals surface area (Å²) < 4.78 is 0. The first-order valence-corrected chi connectivity index (χ1v) is 0. The van der Waals surface area contributed by atoms with Crippen LogP contribution in [0.3, 0.4) is 0 Å². The van der Waals surface area contributed by atoms with Gasteiger partial charge < -0.3 is 0 Å². The summed E-state index contributed by atoms with van der Waals surface area (Å²) in [5.74, 6) is 0. The number of rotatable bonds is 0. The standard InChI is InChI=1S/Al.Ba.Li.Rb.7H. The molecule has 0 radical (unpaired) electrons. The van der Waals surface area contributed by atoms with Gasteiger partial charge in [-0.1, -0.05) is 0 Å². The molecule has 0 nitrogen and oxygen atoms in total. The Morgan fingerprint density at radius 3 is 1.00 bits per heavy atom. The molecule has 0 aliphatic heterocycles. The van der Waals surface area contributed by atoms with Crippen molar-refractivity contribution in [2.24, 2.45) is 0 Å². The summed E-state index contributed by atoms with van der Waals surface area (Å²) >= 11 is 0. The van der Waals surface area contributed by atoms with Crippen LogP contribution in [0.1, 0.15) is 0 Å². The number of hydrogen-bond donors (Lipinski definition) is 0. The van der Waals surface area contributed by atoms with Crippen molar-refractivity contribution in [3.05, 3.63) is 0 Å². The van der Waals surface area contributed by atoms with Crippen LogP contribution in [0, 0.1) is 0 Å². The zero-order chi connectivity index (χ0) is 0. The molecule has 0 spiro atoms. The van der Waals surface area contributed by atoms with Gasteiger partial charge in [-0.05, 0) is 0 Å². The molecule has 0 heterocycles. The summed E-state index contributed by atoms with van der Waals surface area (Å²) in [6, 6.07) is 0. The molecule has 0 amide bonds. The van der Waals surface area contributed by atoms with Gasteiger partial charge in [0, 0.05) is 0 Å². The second kappa shape index (κ2) is 15.6. The van der Waals surface area contributed by atoms with E-state index in [0.717, 1.165) is 0 Å². The molecule has 0 aromatic rings. The molecule has 0 saturated heterocycles. The molecule has 0 atom stereocenters. The SMILES string of the molecule is [AlH3].[BaH2].[LiH].[RbH]. The van der Waals surface area contributed by atoms with Crippen LogP contribution in [0.25, 0.3) is 0 Å². The molecule has 0 bridgehead atoms. The van der Waals surface area contributed by atoms with Gasteiger partial charge in [-0.15, -0.1) is 0 Å². The van der Waals surface area contributed by atoms with Gasteiger partial charge in [-0.2, -0.15) is 0 Å². The minimum atomic E-state index is 0. The molecule has 0 aliphatic rings. The molecule has 0 saturated carbocycles. The van der Waals surface area contributed by atoms with E-state index in [-0.39, 0.29) is 143 Å². The summed E-state index contributed by atoms with van der Waals surface area (Å²) in [6.45, 7) is 0. The third-order valence-corrected chi connectivity index (χ3v) is 0. The average molecular weight is 264 g/mol. The van der Waals surface area contributed by atoms with Crippen molar-refractivity contribution in [2.75, 3.05) is 0 Å². The van der Waals surface area contributed by atoms with E-state index in [9.17, 15) is 0 Å². The van der Waals surface area contributed by atoms with Crippen LogP contribution in [0.5, 0.6) is 0 Å². The molecular formula is H7AlBaLiRb. The Morgan fingerprint density at radius 1 is 1.00 bits per heavy atom. The van der Waals surface area contributed by atoms with E-state index in [1.54, 1.807) is 0 Å².